The first-order chi connectivity index (χ1) is 18.5. The highest BCUT2D eigenvalue weighted by molar-refractivity contribution is 6.23. The van der Waals surface area contributed by atoms with Gasteiger partial charge in [0.25, 0.3) is 11.8 Å². The summed E-state index contributed by atoms with van der Waals surface area (Å²) in [6, 6.07) is 11.7. The Labute approximate surface area is 216 Å². The number of carbonyl (C=O) groups is 4. The van der Waals surface area contributed by atoms with Gasteiger partial charge in [-0.15, -0.1) is 0 Å². The summed E-state index contributed by atoms with van der Waals surface area (Å²) < 4.78 is 1.84. The summed E-state index contributed by atoms with van der Waals surface area (Å²) in [5.74, 6) is -2.06. The quantitative estimate of drug-likeness (QED) is 0.286. The number of amides is 4. The Balaban J connectivity index is 1.06. The zero-order valence-corrected chi connectivity index (χ0v) is 20.3. The van der Waals surface area contributed by atoms with Gasteiger partial charge >= 0.3 is 0 Å². The van der Waals surface area contributed by atoms with Gasteiger partial charge in [0.2, 0.25) is 11.8 Å². The van der Waals surface area contributed by atoms with Crippen molar-refractivity contribution in [1.29, 1.82) is 0 Å². The van der Waals surface area contributed by atoms with E-state index in [2.05, 4.69) is 25.7 Å². The van der Waals surface area contributed by atoms with Crippen LogP contribution in [0.4, 0.5) is 5.69 Å². The Hall–Kier alpha value is -4.93. The lowest BCUT2D eigenvalue weighted by Crippen LogP contribution is -2.54. The van der Waals surface area contributed by atoms with Crippen molar-refractivity contribution in [2.45, 2.75) is 31.8 Å². The average Bonchev–Trinajstić information content (AvgIpc) is 3.49. The lowest BCUT2D eigenvalue weighted by Gasteiger charge is -2.27. The number of anilines is 1. The summed E-state index contributed by atoms with van der Waals surface area (Å²) in [5.41, 5.74) is 4.52. The molecular formula is C27H23N7O4. The van der Waals surface area contributed by atoms with Crippen LogP contribution in [-0.4, -0.2) is 60.9 Å². The molecular weight excluding hydrogens is 486 g/mol. The molecule has 1 unspecified atom stereocenters. The number of para-hydroxylation sites is 2. The molecule has 2 aliphatic heterocycles. The van der Waals surface area contributed by atoms with E-state index in [0.29, 0.717) is 18.8 Å². The fraction of sp³-hybridized carbons (Fsp3) is 0.222. The first-order valence-corrected chi connectivity index (χ1v) is 12.3. The number of imide groups is 2. The highest BCUT2D eigenvalue weighted by atomic mass is 16.2. The molecule has 6 rings (SSSR count). The Bertz CT molecular complexity index is 1610. The van der Waals surface area contributed by atoms with Crippen LogP contribution in [-0.2, 0) is 16.1 Å². The van der Waals surface area contributed by atoms with Crippen molar-refractivity contribution in [1.82, 2.24) is 30.0 Å². The van der Waals surface area contributed by atoms with Gasteiger partial charge in [-0.05, 0) is 43.2 Å². The van der Waals surface area contributed by atoms with Gasteiger partial charge in [0.05, 0.1) is 40.2 Å². The zero-order chi connectivity index (χ0) is 26.2. The molecule has 0 spiro atoms. The van der Waals surface area contributed by atoms with Crippen LogP contribution in [0.3, 0.4) is 0 Å². The SMILES string of the molecule is O=C1CCC(N2C(=O)c3ccc(NCCCn4cc(-c5cnc6ccccc6n5)cn4)cc3C2=O)C(=O)N1. The molecule has 0 saturated carbocycles. The van der Waals surface area contributed by atoms with Crippen LogP contribution in [0, 0.1) is 0 Å². The summed E-state index contributed by atoms with van der Waals surface area (Å²) in [6.07, 6.45) is 6.42. The molecule has 4 aromatic rings. The number of nitrogens with zero attached hydrogens (tertiary/aromatic N) is 5. The van der Waals surface area contributed by atoms with Crippen LogP contribution < -0.4 is 10.6 Å². The number of hydrogen-bond acceptors (Lipinski definition) is 8. The molecule has 0 radical (unpaired) electrons. The summed E-state index contributed by atoms with van der Waals surface area (Å²) in [5, 5.41) is 9.91. The second-order valence-electron chi connectivity index (χ2n) is 9.22. The van der Waals surface area contributed by atoms with Gasteiger partial charge < -0.3 is 5.32 Å². The smallest absolute Gasteiger partial charge is 0.262 e. The molecule has 11 heteroatoms. The lowest BCUT2D eigenvalue weighted by molar-refractivity contribution is -0.136. The van der Waals surface area contributed by atoms with E-state index in [1.165, 1.54) is 0 Å². The van der Waals surface area contributed by atoms with E-state index in [-0.39, 0.29) is 24.0 Å². The number of carbonyl (C=O) groups excluding carboxylic acids is 4. The minimum atomic E-state index is -0.976. The molecule has 1 saturated heterocycles. The predicted molar refractivity (Wildman–Crippen MR) is 137 cm³/mol. The van der Waals surface area contributed by atoms with Gasteiger partial charge in [-0.25, -0.2) is 4.98 Å². The summed E-state index contributed by atoms with van der Waals surface area (Å²) in [4.78, 5) is 59.6. The topological polar surface area (TPSA) is 139 Å². The molecule has 38 heavy (non-hydrogen) atoms. The van der Waals surface area contributed by atoms with Gasteiger partial charge in [0, 0.05) is 37.0 Å². The maximum absolute atomic E-state index is 13.0. The summed E-state index contributed by atoms with van der Waals surface area (Å²) >= 11 is 0. The van der Waals surface area contributed by atoms with Gasteiger partial charge in [-0.2, -0.15) is 5.10 Å². The van der Waals surface area contributed by atoms with Crippen LogP contribution in [0.2, 0.25) is 0 Å². The van der Waals surface area contributed by atoms with Crippen molar-refractivity contribution in [3.05, 3.63) is 72.2 Å². The maximum Gasteiger partial charge on any atom is 0.262 e. The normalized spacial score (nSPS) is 17.2. The number of benzene rings is 2. The molecule has 0 aliphatic carbocycles. The number of aryl methyl sites for hydroxylation is 1. The standard InChI is InChI=1S/C27H23N7O4/c35-24-9-8-23(25(36)32-24)34-26(37)18-7-6-17(12-19(18)27(34)38)28-10-3-11-33-15-16(13-30-33)22-14-29-20-4-1-2-5-21(20)31-22/h1-2,4-7,12-15,23,28H,3,8-11H2,(H,32,35,36). The van der Waals surface area contributed by atoms with E-state index in [9.17, 15) is 19.2 Å². The maximum atomic E-state index is 13.0. The molecule has 190 valence electrons. The van der Waals surface area contributed by atoms with Gasteiger partial charge in [0.1, 0.15) is 6.04 Å². The first kappa shape index (κ1) is 23.5. The molecule has 4 heterocycles. The molecule has 2 aromatic heterocycles. The van der Waals surface area contributed by atoms with Crippen LogP contribution in [0.1, 0.15) is 40.0 Å². The van der Waals surface area contributed by atoms with Crippen LogP contribution in [0.5, 0.6) is 0 Å². The Morgan fingerprint density at radius 1 is 0.974 bits per heavy atom. The monoisotopic (exact) mass is 509 g/mol. The molecule has 2 aromatic carbocycles. The molecule has 4 amide bonds. The summed E-state index contributed by atoms with van der Waals surface area (Å²) in [6.45, 7) is 1.28. The third kappa shape index (κ3) is 4.27. The fourth-order valence-electron chi connectivity index (χ4n) is 4.77. The van der Waals surface area contributed by atoms with Crippen molar-refractivity contribution in [3.8, 4) is 11.3 Å². The second kappa shape index (κ2) is 9.51. The number of rotatable bonds is 7. The molecule has 2 aliphatic rings. The highest BCUT2D eigenvalue weighted by Crippen LogP contribution is 2.29. The minimum absolute atomic E-state index is 0.0873. The molecule has 2 N–H and O–H groups in total. The van der Waals surface area contributed by atoms with Crippen molar-refractivity contribution in [2.75, 3.05) is 11.9 Å². The predicted octanol–water partition coefficient (Wildman–Crippen LogP) is 2.40. The average molecular weight is 510 g/mol. The van der Waals surface area contributed by atoms with Gasteiger partial charge in [0.15, 0.2) is 0 Å². The van der Waals surface area contributed by atoms with E-state index in [0.717, 1.165) is 33.6 Å². The third-order valence-electron chi connectivity index (χ3n) is 6.71. The van der Waals surface area contributed by atoms with E-state index in [4.69, 9.17) is 0 Å². The minimum Gasteiger partial charge on any atom is -0.385 e. The number of hydrogen-bond donors (Lipinski definition) is 2. The zero-order valence-electron chi connectivity index (χ0n) is 20.3. The molecule has 1 fully saturated rings. The highest BCUT2D eigenvalue weighted by Gasteiger charge is 2.44. The first-order valence-electron chi connectivity index (χ1n) is 12.3. The van der Waals surface area contributed by atoms with Gasteiger partial charge in [-0.1, -0.05) is 12.1 Å². The van der Waals surface area contributed by atoms with E-state index in [1.54, 1.807) is 30.6 Å². The fourth-order valence-corrected chi connectivity index (χ4v) is 4.77. The third-order valence-corrected chi connectivity index (χ3v) is 6.71. The summed E-state index contributed by atoms with van der Waals surface area (Å²) in [7, 11) is 0. The number of nitrogens with one attached hydrogen (secondary N) is 2. The van der Waals surface area contributed by atoms with E-state index in [1.807, 2.05) is 35.1 Å². The Morgan fingerprint density at radius 2 is 1.79 bits per heavy atom. The van der Waals surface area contributed by atoms with Gasteiger partial charge in [-0.3, -0.25) is 39.1 Å². The van der Waals surface area contributed by atoms with Crippen molar-refractivity contribution in [3.63, 3.8) is 0 Å². The second-order valence-corrected chi connectivity index (χ2v) is 9.22. The van der Waals surface area contributed by atoms with Crippen LogP contribution >= 0.6 is 0 Å². The van der Waals surface area contributed by atoms with Crippen LogP contribution in [0.15, 0.2) is 61.1 Å². The Kier molecular flexibility index (Phi) is 5.87. The van der Waals surface area contributed by atoms with E-state index >= 15 is 0 Å². The van der Waals surface area contributed by atoms with Crippen molar-refractivity contribution < 1.29 is 19.2 Å². The molecule has 11 nitrogen and oxygen atoms in total. The van der Waals surface area contributed by atoms with E-state index < -0.39 is 29.7 Å². The lowest BCUT2D eigenvalue weighted by atomic mass is 10.0. The number of fused-ring (bicyclic) bond motifs is 2. The Morgan fingerprint density at radius 3 is 2.63 bits per heavy atom. The van der Waals surface area contributed by atoms with Crippen LogP contribution in [0.25, 0.3) is 22.3 Å². The molecule has 0 bridgehead atoms. The van der Waals surface area contributed by atoms with Crippen molar-refractivity contribution in [2.24, 2.45) is 0 Å². The number of aromatic nitrogens is 4. The largest absolute Gasteiger partial charge is 0.385 e. The molecule has 1 atom stereocenters. The number of piperidine rings is 1. The van der Waals surface area contributed by atoms with Crippen molar-refractivity contribution >= 4 is 40.3 Å².